The van der Waals surface area contributed by atoms with E-state index in [1.54, 1.807) is 6.26 Å². The van der Waals surface area contributed by atoms with Crippen molar-refractivity contribution in [3.05, 3.63) is 47.2 Å². The number of nitrogens with two attached hydrogens (primary N) is 1. The molecule has 0 aliphatic heterocycles. The van der Waals surface area contributed by atoms with Crippen molar-refractivity contribution in [1.82, 2.24) is 4.57 Å². The lowest BCUT2D eigenvalue weighted by atomic mass is 9.74. The number of rotatable bonds is 2. The summed E-state index contributed by atoms with van der Waals surface area (Å²) < 4.78 is 7.56. The zero-order valence-corrected chi connectivity index (χ0v) is 11.9. The summed E-state index contributed by atoms with van der Waals surface area (Å²) in [7, 11) is 0. The predicted molar refractivity (Wildman–Crippen MR) is 76.0 cm³/mol. The second-order valence-electron chi connectivity index (χ2n) is 6.56. The van der Waals surface area contributed by atoms with E-state index in [2.05, 4.69) is 31.4 Å². The lowest BCUT2D eigenvalue weighted by Gasteiger charge is -2.34. The lowest BCUT2D eigenvalue weighted by molar-refractivity contribution is 0.276. The van der Waals surface area contributed by atoms with E-state index in [0.29, 0.717) is 0 Å². The molecule has 3 nitrogen and oxygen atoms in total. The molecule has 102 valence electrons. The zero-order valence-electron chi connectivity index (χ0n) is 11.9. The van der Waals surface area contributed by atoms with Gasteiger partial charge in [-0.2, -0.15) is 0 Å². The first kappa shape index (κ1) is 12.5. The van der Waals surface area contributed by atoms with Crippen molar-refractivity contribution in [2.24, 2.45) is 11.1 Å². The molecule has 0 amide bonds. The highest BCUT2D eigenvalue weighted by molar-refractivity contribution is 5.34. The monoisotopic (exact) mass is 258 g/mol. The van der Waals surface area contributed by atoms with E-state index in [1.165, 1.54) is 22.5 Å². The predicted octanol–water partition coefficient (Wildman–Crippen LogP) is 3.41. The van der Waals surface area contributed by atoms with Crippen LogP contribution >= 0.6 is 0 Å². The lowest BCUT2D eigenvalue weighted by Crippen LogP contribution is -2.30. The summed E-state index contributed by atoms with van der Waals surface area (Å²) in [4.78, 5) is 0. The SMILES string of the molecule is Cc1cc2c(n1Cc1ccoc1)CC(C)(C)CC2N. The van der Waals surface area contributed by atoms with Crippen LogP contribution in [0, 0.1) is 12.3 Å². The Bertz CT molecular complexity index is 578. The van der Waals surface area contributed by atoms with Gasteiger partial charge in [-0.15, -0.1) is 0 Å². The molecule has 2 aromatic rings. The van der Waals surface area contributed by atoms with Crippen LogP contribution in [0.2, 0.25) is 0 Å². The highest BCUT2D eigenvalue weighted by atomic mass is 16.3. The molecule has 2 N–H and O–H groups in total. The van der Waals surface area contributed by atoms with Gasteiger partial charge in [0, 0.05) is 23.0 Å². The van der Waals surface area contributed by atoms with Crippen molar-refractivity contribution in [3.8, 4) is 0 Å². The first-order valence-corrected chi connectivity index (χ1v) is 6.92. The quantitative estimate of drug-likeness (QED) is 0.897. The fourth-order valence-corrected chi connectivity index (χ4v) is 3.29. The Hall–Kier alpha value is -1.48. The molecule has 0 radical (unpaired) electrons. The summed E-state index contributed by atoms with van der Waals surface area (Å²) in [6, 6.07) is 4.46. The fraction of sp³-hybridized carbons (Fsp3) is 0.500. The van der Waals surface area contributed by atoms with Crippen molar-refractivity contribution in [2.75, 3.05) is 0 Å². The number of aromatic nitrogens is 1. The van der Waals surface area contributed by atoms with Crippen LogP contribution in [0.5, 0.6) is 0 Å². The average molecular weight is 258 g/mol. The molecule has 1 atom stereocenters. The summed E-state index contributed by atoms with van der Waals surface area (Å²) in [5.41, 5.74) is 11.9. The van der Waals surface area contributed by atoms with Gasteiger partial charge in [-0.3, -0.25) is 0 Å². The van der Waals surface area contributed by atoms with Crippen LogP contribution in [0.4, 0.5) is 0 Å². The van der Waals surface area contributed by atoms with Gasteiger partial charge in [0.25, 0.3) is 0 Å². The van der Waals surface area contributed by atoms with Gasteiger partial charge < -0.3 is 14.7 Å². The Kier molecular flexibility index (Phi) is 2.82. The van der Waals surface area contributed by atoms with Crippen LogP contribution < -0.4 is 5.73 Å². The summed E-state index contributed by atoms with van der Waals surface area (Å²) in [5, 5.41) is 0. The normalized spacial score (nSPS) is 21.4. The third-order valence-electron chi connectivity index (χ3n) is 4.19. The van der Waals surface area contributed by atoms with Crippen molar-refractivity contribution in [3.63, 3.8) is 0 Å². The van der Waals surface area contributed by atoms with Crippen molar-refractivity contribution in [2.45, 2.75) is 46.2 Å². The molecule has 1 aliphatic rings. The Balaban J connectivity index is 2.02. The van der Waals surface area contributed by atoms with Gasteiger partial charge in [0.15, 0.2) is 0 Å². The second kappa shape index (κ2) is 4.27. The summed E-state index contributed by atoms with van der Waals surface area (Å²) in [6.07, 6.45) is 5.72. The molecule has 0 saturated carbocycles. The Morgan fingerprint density at radius 2 is 2.26 bits per heavy atom. The number of fused-ring (bicyclic) bond motifs is 1. The maximum atomic E-state index is 6.35. The van der Waals surface area contributed by atoms with E-state index in [9.17, 15) is 0 Å². The largest absolute Gasteiger partial charge is 0.472 e. The summed E-state index contributed by atoms with van der Waals surface area (Å²) >= 11 is 0. The molecule has 0 saturated heterocycles. The molecule has 3 heteroatoms. The Labute approximate surface area is 114 Å². The number of hydrogen-bond acceptors (Lipinski definition) is 2. The van der Waals surface area contributed by atoms with Crippen molar-refractivity contribution >= 4 is 0 Å². The number of furan rings is 1. The minimum atomic E-state index is 0.169. The van der Waals surface area contributed by atoms with E-state index in [1.807, 2.05) is 12.3 Å². The van der Waals surface area contributed by atoms with Gasteiger partial charge in [0.1, 0.15) is 0 Å². The molecule has 19 heavy (non-hydrogen) atoms. The number of aryl methyl sites for hydroxylation is 1. The van der Waals surface area contributed by atoms with Crippen LogP contribution in [0.3, 0.4) is 0 Å². The van der Waals surface area contributed by atoms with Crippen LogP contribution in [0.25, 0.3) is 0 Å². The van der Waals surface area contributed by atoms with Crippen LogP contribution in [0.15, 0.2) is 29.1 Å². The van der Waals surface area contributed by atoms with Gasteiger partial charge >= 0.3 is 0 Å². The summed E-state index contributed by atoms with van der Waals surface area (Å²) in [6.45, 7) is 7.65. The van der Waals surface area contributed by atoms with Gasteiger partial charge in [0.05, 0.1) is 19.1 Å². The smallest absolute Gasteiger partial charge is 0.0952 e. The van der Waals surface area contributed by atoms with Gasteiger partial charge in [-0.1, -0.05) is 13.8 Å². The Morgan fingerprint density at radius 3 is 2.95 bits per heavy atom. The first-order chi connectivity index (χ1) is 8.96. The van der Waals surface area contributed by atoms with E-state index in [4.69, 9.17) is 10.2 Å². The molecular formula is C16H22N2O. The number of hydrogen-bond donors (Lipinski definition) is 1. The van der Waals surface area contributed by atoms with Gasteiger partial charge in [-0.25, -0.2) is 0 Å². The molecule has 0 aromatic carbocycles. The summed E-state index contributed by atoms with van der Waals surface area (Å²) in [5.74, 6) is 0. The second-order valence-corrected chi connectivity index (χ2v) is 6.56. The minimum Gasteiger partial charge on any atom is -0.472 e. The van der Waals surface area contributed by atoms with Crippen LogP contribution in [-0.2, 0) is 13.0 Å². The molecular weight excluding hydrogens is 236 g/mol. The van der Waals surface area contributed by atoms with E-state index >= 15 is 0 Å². The third-order valence-corrected chi connectivity index (χ3v) is 4.19. The van der Waals surface area contributed by atoms with Crippen molar-refractivity contribution < 1.29 is 4.42 Å². The fourth-order valence-electron chi connectivity index (χ4n) is 3.29. The van der Waals surface area contributed by atoms with Crippen molar-refractivity contribution in [1.29, 1.82) is 0 Å². The average Bonchev–Trinajstić information content (AvgIpc) is 2.90. The maximum Gasteiger partial charge on any atom is 0.0952 e. The molecule has 0 fully saturated rings. The first-order valence-electron chi connectivity index (χ1n) is 6.92. The van der Waals surface area contributed by atoms with Crippen LogP contribution in [0.1, 0.15) is 48.8 Å². The minimum absolute atomic E-state index is 0.169. The zero-order chi connectivity index (χ0) is 13.6. The van der Waals surface area contributed by atoms with Crippen LogP contribution in [-0.4, -0.2) is 4.57 Å². The topological polar surface area (TPSA) is 44.1 Å². The highest BCUT2D eigenvalue weighted by Gasteiger charge is 2.33. The highest BCUT2D eigenvalue weighted by Crippen LogP contribution is 2.41. The molecule has 1 aliphatic carbocycles. The number of nitrogens with zero attached hydrogens (tertiary/aromatic N) is 1. The van der Waals surface area contributed by atoms with Gasteiger partial charge in [0.2, 0.25) is 0 Å². The molecule has 3 rings (SSSR count). The van der Waals surface area contributed by atoms with E-state index in [-0.39, 0.29) is 11.5 Å². The maximum absolute atomic E-state index is 6.35. The molecule has 2 aromatic heterocycles. The van der Waals surface area contributed by atoms with E-state index < -0.39 is 0 Å². The van der Waals surface area contributed by atoms with Gasteiger partial charge in [-0.05, 0) is 42.9 Å². The Morgan fingerprint density at radius 1 is 1.47 bits per heavy atom. The molecule has 2 heterocycles. The molecule has 0 spiro atoms. The molecule has 0 bridgehead atoms. The molecule has 1 unspecified atom stereocenters. The van der Waals surface area contributed by atoms with E-state index in [0.717, 1.165) is 19.4 Å². The third kappa shape index (κ3) is 2.23. The standard InChI is InChI=1S/C16H22N2O/c1-11-6-13-14(17)7-16(2,3)8-15(13)18(11)9-12-4-5-19-10-12/h4-6,10,14H,7-9,17H2,1-3H3.